The van der Waals surface area contributed by atoms with E-state index < -0.39 is 0 Å². The smallest absolute Gasteiger partial charge is 0.323 e. The Hall–Kier alpha value is -4.17. The molecule has 0 saturated heterocycles. The van der Waals surface area contributed by atoms with Crippen LogP contribution in [0, 0.1) is 13.8 Å². The number of anilines is 6. The molecule has 0 atom stereocenters. The minimum Gasteiger partial charge on any atom is -0.340 e. The van der Waals surface area contributed by atoms with E-state index in [0.29, 0.717) is 39.7 Å². The monoisotopic (exact) mass is 459 g/mol. The number of rotatable bonds is 6. The zero-order chi connectivity index (χ0) is 23.2. The number of benzene rings is 2. The van der Waals surface area contributed by atoms with Crippen molar-refractivity contribution in [3.63, 3.8) is 0 Å². The van der Waals surface area contributed by atoms with Crippen molar-refractivity contribution in [1.82, 2.24) is 15.0 Å². The number of halogens is 1. The van der Waals surface area contributed by atoms with Gasteiger partial charge in [0, 0.05) is 34.3 Å². The van der Waals surface area contributed by atoms with Crippen LogP contribution >= 0.6 is 11.6 Å². The zero-order valence-electron chi connectivity index (χ0n) is 18.1. The van der Waals surface area contributed by atoms with Gasteiger partial charge < -0.3 is 21.3 Å². The molecule has 2 heterocycles. The molecule has 0 bridgehead atoms. The molecule has 4 N–H and O–H groups in total. The number of amides is 2. The maximum Gasteiger partial charge on any atom is 0.323 e. The minimum absolute atomic E-state index is 0.357. The summed E-state index contributed by atoms with van der Waals surface area (Å²) < 4.78 is 0. The van der Waals surface area contributed by atoms with Crippen LogP contribution < -0.4 is 21.3 Å². The SMILES string of the molecule is Cc1ccnc(Nc2cc(Nc3ccc(NC(=O)Nc4cccc(Cl)c4)cc3)nc(C)n2)c1. The first-order valence-corrected chi connectivity index (χ1v) is 10.6. The molecule has 9 heteroatoms. The normalized spacial score (nSPS) is 10.4. The van der Waals surface area contributed by atoms with Gasteiger partial charge in [-0.2, -0.15) is 0 Å². The molecular formula is C24H22ClN7O. The van der Waals surface area contributed by atoms with Crippen LogP contribution in [0.5, 0.6) is 0 Å². The fraction of sp³-hybridized carbons (Fsp3) is 0.0833. The van der Waals surface area contributed by atoms with Gasteiger partial charge in [-0.05, 0) is 74.0 Å². The predicted octanol–water partition coefficient (Wildman–Crippen LogP) is 6.27. The summed E-state index contributed by atoms with van der Waals surface area (Å²) in [6, 6.07) is 19.6. The molecule has 0 unspecified atom stereocenters. The lowest BCUT2D eigenvalue weighted by atomic mass is 10.2. The van der Waals surface area contributed by atoms with Crippen LogP contribution in [-0.4, -0.2) is 21.0 Å². The van der Waals surface area contributed by atoms with Gasteiger partial charge in [0.1, 0.15) is 23.3 Å². The largest absolute Gasteiger partial charge is 0.340 e. The van der Waals surface area contributed by atoms with Crippen LogP contribution in [0.25, 0.3) is 0 Å². The number of carbonyl (C=O) groups is 1. The van der Waals surface area contributed by atoms with Gasteiger partial charge in [0.25, 0.3) is 0 Å². The molecule has 2 aromatic heterocycles. The second kappa shape index (κ2) is 9.97. The van der Waals surface area contributed by atoms with Gasteiger partial charge in [-0.25, -0.2) is 19.7 Å². The van der Waals surface area contributed by atoms with Crippen molar-refractivity contribution >= 4 is 52.1 Å². The molecule has 2 amide bonds. The zero-order valence-corrected chi connectivity index (χ0v) is 18.8. The van der Waals surface area contributed by atoms with Gasteiger partial charge in [0.05, 0.1) is 0 Å². The van der Waals surface area contributed by atoms with Crippen LogP contribution in [0.15, 0.2) is 72.9 Å². The first-order chi connectivity index (χ1) is 15.9. The molecule has 0 saturated carbocycles. The molecule has 4 rings (SSSR count). The number of pyridine rings is 1. The summed E-state index contributed by atoms with van der Waals surface area (Å²) >= 11 is 5.94. The van der Waals surface area contributed by atoms with Crippen LogP contribution in [0.3, 0.4) is 0 Å². The van der Waals surface area contributed by atoms with Gasteiger partial charge >= 0.3 is 6.03 Å². The predicted molar refractivity (Wildman–Crippen MR) is 133 cm³/mol. The van der Waals surface area contributed by atoms with E-state index >= 15 is 0 Å². The Morgan fingerprint density at radius 1 is 0.758 bits per heavy atom. The Kier molecular flexibility index (Phi) is 6.66. The molecule has 0 aliphatic carbocycles. The second-order valence-corrected chi connectivity index (χ2v) is 7.76. The molecule has 0 fully saturated rings. The lowest BCUT2D eigenvalue weighted by Crippen LogP contribution is -2.19. The molecule has 0 radical (unpaired) electrons. The minimum atomic E-state index is -0.357. The highest BCUT2D eigenvalue weighted by atomic mass is 35.5. The molecule has 2 aromatic carbocycles. The van der Waals surface area contributed by atoms with E-state index in [4.69, 9.17) is 11.6 Å². The molecule has 0 spiro atoms. The standard InChI is InChI=1S/C24H22ClN7O/c1-15-10-11-26-21(12-15)32-23-14-22(27-16(2)28-23)29-18-6-8-19(9-7-18)30-24(33)31-20-5-3-4-17(25)13-20/h3-14H,1-2H3,(H2,30,31,33)(H2,26,27,28,29,32). The fourth-order valence-corrected chi connectivity index (χ4v) is 3.27. The quantitative estimate of drug-likeness (QED) is 0.271. The first-order valence-electron chi connectivity index (χ1n) is 10.2. The maximum atomic E-state index is 12.2. The number of urea groups is 1. The van der Waals surface area contributed by atoms with Gasteiger partial charge in [-0.15, -0.1) is 0 Å². The third kappa shape index (κ3) is 6.41. The summed E-state index contributed by atoms with van der Waals surface area (Å²) in [5.41, 5.74) is 3.18. The number of aromatic nitrogens is 3. The van der Waals surface area contributed by atoms with Crippen molar-refractivity contribution in [2.45, 2.75) is 13.8 Å². The van der Waals surface area contributed by atoms with E-state index in [9.17, 15) is 4.79 Å². The van der Waals surface area contributed by atoms with Crippen molar-refractivity contribution in [3.8, 4) is 0 Å². The molecule has 0 aliphatic rings. The van der Waals surface area contributed by atoms with Crippen LogP contribution in [0.1, 0.15) is 11.4 Å². The molecule has 8 nitrogen and oxygen atoms in total. The van der Waals surface area contributed by atoms with Crippen LogP contribution in [0.2, 0.25) is 5.02 Å². The van der Waals surface area contributed by atoms with Crippen molar-refractivity contribution in [2.24, 2.45) is 0 Å². The Morgan fingerprint density at radius 2 is 1.45 bits per heavy atom. The van der Waals surface area contributed by atoms with Crippen LogP contribution in [0.4, 0.5) is 39.3 Å². The number of nitrogens with one attached hydrogen (secondary N) is 4. The Labute approximate surface area is 196 Å². The second-order valence-electron chi connectivity index (χ2n) is 7.32. The third-order valence-electron chi connectivity index (χ3n) is 4.51. The topological polar surface area (TPSA) is 104 Å². The van der Waals surface area contributed by atoms with Crippen molar-refractivity contribution in [2.75, 3.05) is 21.3 Å². The molecular weight excluding hydrogens is 438 g/mol. The Balaban J connectivity index is 1.39. The van der Waals surface area contributed by atoms with Gasteiger partial charge in [-0.3, -0.25) is 0 Å². The molecule has 4 aromatic rings. The highest BCUT2D eigenvalue weighted by Gasteiger charge is 2.06. The average Bonchev–Trinajstić information content (AvgIpc) is 2.75. The van der Waals surface area contributed by atoms with E-state index in [1.54, 1.807) is 42.6 Å². The average molecular weight is 460 g/mol. The van der Waals surface area contributed by atoms with E-state index in [2.05, 4.69) is 36.2 Å². The van der Waals surface area contributed by atoms with Crippen molar-refractivity contribution < 1.29 is 4.79 Å². The molecule has 33 heavy (non-hydrogen) atoms. The Morgan fingerprint density at radius 3 is 2.18 bits per heavy atom. The van der Waals surface area contributed by atoms with E-state index in [1.165, 1.54) is 0 Å². The van der Waals surface area contributed by atoms with E-state index in [0.717, 1.165) is 11.3 Å². The van der Waals surface area contributed by atoms with Crippen molar-refractivity contribution in [1.29, 1.82) is 0 Å². The van der Waals surface area contributed by atoms with Gasteiger partial charge in [0.2, 0.25) is 0 Å². The lowest BCUT2D eigenvalue weighted by molar-refractivity contribution is 0.262. The fourth-order valence-electron chi connectivity index (χ4n) is 3.08. The highest BCUT2D eigenvalue weighted by Crippen LogP contribution is 2.22. The number of carbonyl (C=O) groups excluding carboxylic acids is 1. The Bertz CT molecular complexity index is 1280. The number of hydrogen-bond acceptors (Lipinski definition) is 6. The summed E-state index contributed by atoms with van der Waals surface area (Å²) in [5.74, 6) is 2.60. The molecule has 166 valence electrons. The third-order valence-corrected chi connectivity index (χ3v) is 4.74. The van der Waals surface area contributed by atoms with E-state index in [1.807, 2.05) is 44.2 Å². The summed E-state index contributed by atoms with van der Waals surface area (Å²) in [6.07, 6.45) is 1.75. The number of hydrogen-bond donors (Lipinski definition) is 4. The summed E-state index contributed by atoms with van der Waals surface area (Å²) in [7, 11) is 0. The molecule has 0 aliphatic heterocycles. The number of aryl methyl sites for hydroxylation is 2. The number of nitrogens with zero attached hydrogens (tertiary/aromatic N) is 3. The first kappa shape index (κ1) is 22.0. The lowest BCUT2D eigenvalue weighted by Gasteiger charge is -2.11. The summed E-state index contributed by atoms with van der Waals surface area (Å²) in [4.78, 5) is 25.4. The van der Waals surface area contributed by atoms with Gasteiger partial charge in [0.15, 0.2) is 0 Å². The van der Waals surface area contributed by atoms with E-state index in [-0.39, 0.29) is 6.03 Å². The van der Waals surface area contributed by atoms with Crippen molar-refractivity contribution in [3.05, 3.63) is 89.3 Å². The highest BCUT2D eigenvalue weighted by molar-refractivity contribution is 6.30. The summed E-state index contributed by atoms with van der Waals surface area (Å²) in [5, 5.41) is 12.5. The maximum absolute atomic E-state index is 12.2. The van der Waals surface area contributed by atoms with Gasteiger partial charge in [-0.1, -0.05) is 17.7 Å². The van der Waals surface area contributed by atoms with Crippen LogP contribution in [-0.2, 0) is 0 Å². The summed E-state index contributed by atoms with van der Waals surface area (Å²) in [6.45, 7) is 3.83.